The first kappa shape index (κ1) is 15.8. The fraction of sp³-hybridized carbons (Fsp3) is 0.588. The fourth-order valence-electron chi connectivity index (χ4n) is 3.19. The number of carbonyl (C=O) groups is 1. The minimum Gasteiger partial charge on any atom is -0.497 e. The van der Waals surface area contributed by atoms with Crippen LogP contribution in [0.4, 0.5) is 0 Å². The number of likely N-dealkylation sites (tertiary alicyclic amines) is 1. The second-order valence-corrected chi connectivity index (χ2v) is 6.11. The van der Waals surface area contributed by atoms with Gasteiger partial charge in [0, 0.05) is 19.5 Å². The second kappa shape index (κ2) is 7.46. The number of ether oxygens (including phenoxy) is 1. The van der Waals surface area contributed by atoms with Gasteiger partial charge in [-0.25, -0.2) is 0 Å². The summed E-state index contributed by atoms with van der Waals surface area (Å²) in [5.74, 6) is 1.62. The van der Waals surface area contributed by atoms with Gasteiger partial charge in [-0.3, -0.25) is 4.79 Å². The molecule has 1 aliphatic rings. The van der Waals surface area contributed by atoms with E-state index in [9.17, 15) is 4.79 Å². The van der Waals surface area contributed by atoms with E-state index in [1.807, 2.05) is 12.1 Å². The minimum atomic E-state index is -0.176. The normalized spacial score (nSPS) is 21.0. The summed E-state index contributed by atoms with van der Waals surface area (Å²) >= 11 is 0. The standard InChI is InChI=1S/C17H26N2O2/c1-13(15-5-7-16(21-2)8-6-15)11-19-9-3-4-14(12-19)10-17(18)20/h5-8,13-14H,3-4,9-12H2,1-2H3,(H2,18,20)/t13-,14-/m1/s1. The molecule has 1 aromatic rings. The van der Waals surface area contributed by atoms with E-state index in [1.54, 1.807) is 7.11 Å². The third-order valence-electron chi connectivity index (χ3n) is 4.31. The van der Waals surface area contributed by atoms with Crippen LogP contribution in [0.1, 0.15) is 37.7 Å². The Morgan fingerprint density at radius 2 is 2.14 bits per heavy atom. The highest BCUT2D eigenvalue weighted by atomic mass is 16.5. The number of rotatable bonds is 6. The molecule has 0 aromatic heterocycles. The van der Waals surface area contributed by atoms with Gasteiger partial charge in [0.2, 0.25) is 5.91 Å². The van der Waals surface area contributed by atoms with E-state index in [4.69, 9.17) is 10.5 Å². The first-order valence-electron chi connectivity index (χ1n) is 7.73. The van der Waals surface area contributed by atoms with Crippen LogP contribution in [0.15, 0.2) is 24.3 Å². The average molecular weight is 290 g/mol. The summed E-state index contributed by atoms with van der Waals surface area (Å²) in [6.07, 6.45) is 2.80. The molecule has 1 amide bonds. The number of piperidine rings is 1. The maximum absolute atomic E-state index is 11.1. The summed E-state index contributed by atoms with van der Waals surface area (Å²) < 4.78 is 5.20. The minimum absolute atomic E-state index is 0.176. The zero-order valence-corrected chi connectivity index (χ0v) is 13.0. The van der Waals surface area contributed by atoms with Gasteiger partial charge >= 0.3 is 0 Å². The maximum Gasteiger partial charge on any atom is 0.217 e. The van der Waals surface area contributed by atoms with E-state index in [2.05, 4.69) is 24.0 Å². The summed E-state index contributed by atoms with van der Waals surface area (Å²) in [6.45, 7) is 5.39. The zero-order valence-electron chi connectivity index (χ0n) is 13.0. The van der Waals surface area contributed by atoms with Gasteiger partial charge in [0.15, 0.2) is 0 Å². The molecule has 1 saturated heterocycles. The molecule has 4 heteroatoms. The molecule has 2 N–H and O–H groups in total. The molecule has 0 bridgehead atoms. The molecule has 1 aromatic carbocycles. The summed E-state index contributed by atoms with van der Waals surface area (Å²) in [6, 6.07) is 8.29. The molecule has 0 spiro atoms. The van der Waals surface area contributed by atoms with Crippen LogP contribution >= 0.6 is 0 Å². The number of hydrogen-bond donors (Lipinski definition) is 1. The number of primary amides is 1. The van der Waals surface area contributed by atoms with Gasteiger partial charge in [-0.05, 0) is 48.9 Å². The van der Waals surface area contributed by atoms with Crippen molar-refractivity contribution >= 4 is 5.91 Å². The molecule has 1 fully saturated rings. The molecule has 116 valence electrons. The number of nitrogens with zero attached hydrogens (tertiary/aromatic N) is 1. The van der Waals surface area contributed by atoms with E-state index in [-0.39, 0.29) is 5.91 Å². The van der Waals surface area contributed by atoms with E-state index < -0.39 is 0 Å². The largest absolute Gasteiger partial charge is 0.497 e. The van der Waals surface area contributed by atoms with Crippen LogP contribution in [0.25, 0.3) is 0 Å². The van der Waals surface area contributed by atoms with Gasteiger partial charge in [0.1, 0.15) is 5.75 Å². The van der Waals surface area contributed by atoms with Crippen molar-refractivity contribution in [3.63, 3.8) is 0 Å². The Labute approximate surface area is 127 Å². The van der Waals surface area contributed by atoms with Gasteiger partial charge in [-0.1, -0.05) is 19.1 Å². The summed E-state index contributed by atoms with van der Waals surface area (Å²) in [5.41, 5.74) is 6.65. The summed E-state index contributed by atoms with van der Waals surface area (Å²) in [7, 11) is 1.69. The van der Waals surface area contributed by atoms with Crippen molar-refractivity contribution in [2.24, 2.45) is 11.7 Å². The second-order valence-electron chi connectivity index (χ2n) is 6.11. The van der Waals surface area contributed by atoms with Gasteiger partial charge in [0.05, 0.1) is 7.11 Å². The van der Waals surface area contributed by atoms with E-state index in [1.165, 1.54) is 5.56 Å². The molecule has 0 unspecified atom stereocenters. The van der Waals surface area contributed by atoms with Crippen LogP contribution in [-0.2, 0) is 4.79 Å². The van der Waals surface area contributed by atoms with Crippen LogP contribution < -0.4 is 10.5 Å². The maximum atomic E-state index is 11.1. The quantitative estimate of drug-likeness (QED) is 0.875. The third kappa shape index (κ3) is 4.74. The molecule has 4 nitrogen and oxygen atoms in total. The topological polar surface area (TPSA) is 55.6 Å². The number of nitrogens with two attached hydrogens (primary N) is 1. The number of methoxy groups -OCH3 is 1. The monoisotopic (exact) mass is 290 g/mol. The molecular formula is C17H26N2O2. The number of carbonyl (C=O) groups excluding carboxylic acids is 1. The van der Waals surface area contributed by atoms with Crippen molar-refractivity contribution in [2.45, 2.75) is 32.1 Å². The highest BCUT2D eigenvalue weighted by molar-refractivity contribution is 5.74. The van der Waals surface area contributed by atoms with E-state index in [0.29, 0.717) is 18.3 Å². The molecule has 1 aliphatic heterocycles. The zero-order chi connectivity index (χ0) is 15.2. The highest BCUT2D eigenvalue weighted by Crippen LogP contribution is 2.24. The Kier molecular flexibility index (Phi) is 5.62. The lowest BCUT2D eigenvalue weighted by Crippen LogP contribution is -2.38. The molecule has 2 rings (SSSR count). The predicted octanol–water partition coefficient (Wildman–Crippen LogP) is 2.39. The van der Waals surface area contributed by atoms with E-state index in [0.717, 1.165) is 38.2 Å². The van der Waals surface area contributed by atoms with Gasteiger partial charge < -0.3 is 15.4 Å². The van der Waals surface area contributed by atoms with Crippen LogP contribution in [0.3, 0.4) is 0 Å². The Morgan fingerprint density at radius 3 is 2.76 bits per heavy atom. The third-order valence-corrected chi connectivity index (χ3v) is 4.31. The Balaban J connectivity index is 1.88. The van der Waals surface area contributed by atoms with Crippen molar-refractivity contribution in [3.8, 4) is 5.75 Å². The van der Waals surface area contributed by atoms with Crippen molar-refractivity contribution in [2.75, 3.05) is 26.7 Å². The lowest BCUT2D eigenvalue weighted by atomic mass is 9.93. The Bertz CT molecular complexity index is 458. The molecule has 1 heterocycles. The van der Waals surface area contributed by atoms with Crippen molar-refractivity contribution in [1.29, 1.82) is 0 Å². The first-order valence-corrected chi connectivity index (χ1v) is 7.73. The molecule has 21 heavy (non-hydrogen) atoms. The first-order chi connectivity index (χ1) is 10.1. The summed E-state index contributed by atoms with van der Waals surface area (Å²) in [5, 5.41) is 0. The number of benzene rings is 1. The molecule has 0 saturated carbocycles. The van der Waals surface area contributed by atoms with Crippen LogP contribution in [0, 0.1) is 5.92 Å². The number of amides is 1. The average Bonchev–Trinajstić information content (AvgIpc) is 2.47. The van der Waals surface area contributed by atoms with Crippen LogP contribution in [-0.4, -0.2) is 37.6 Å². The Morgan fingerprint density at radius 1 is 1.43 bits per heavy atom. The van der Waals surface area contributed by atoms with Gasteiger partial charge in [0.25, 0.3) is 0 Å². The fourth-order valence-corrected chi connectivity index (χ4v) is 3.19. The molecule has 2 atom stereocenters. The van der Waals surface area contributed by atoms with Gasteiger partial charge in [-0.15, -0.1) is 0 Å². The molecule has 0 radical (unpaired) electrons. The van der Waals surface area contributed by atoms with Crippen molar-refractivity contribution in [3.05, 3.63) is 29.8 Å². The van der Waals surface area contributed by atoms with E-state index >= 15 is 0 Å². The Hall–Kier alpha value is -1.55. The lowest BCUT2D eigenvalue weighted by molar-refractivity contribution is -0.119. The smallest absolute Gasteiger partial charge is 0.217 e. The molecular weight excluding hydrogens is 264 g/mol. The van der Waals surface area contributed by atoms with Gasteiger partial charge in [-0.2, -0.15) is 0 Å². The van der Waals surface area contributed by atoms with Crippen molar-refractivity contribution in [1.82, 2.24) is 4.90 Å². The number of hydrogen-bond acceptors (Lipinski definition) is 3. The SMILES string of the molecule is COc1ccc([C@H](C)CN2CCC[C@H](CC(N)=O)C2)cc1. The predicted molar refractivity (Wildman–Crippen MR) is 84.4 cm³/mol. The lowest BCUT2D eigenvalue weighted by Gasteiger charge is -2.34. The highest BCUT2D eigenvalue weighted by Gasteiger charge is 2.22. The summed E-state index contributed by atoms with van der Waals surface area (Å²) in [4.78, 5) is 13.5. The van der Waals surface area contributed by atoms with Crippen molar-refractivity contribution < 1.29 is 9.53 Å². The van der Waals surface area contributed by atoms with Crippen LogP contribution in [0.2, 0.25) is 0 Å². The van der Waals surface area contributed by atoms with Crippen LogP contribution in [0.5, 0.6) is 5.75 Å². The molecule has 0 aliphatic carbocycles.